The molecule has 1 saturated carbocycles. The monoisotopic (exact) mass is 252 g/mol. The SMILES string of the molecule is CCNC1CCN(C(=O)C2CCCC2(C)C)CC1. The van der Waals surface area contributed by atoms with Gasteiger partial charge in [0.25, 0.3) is 0 Å². The van der Waals surface area contributed by atoms with Crippen LogP contribution in [0.5, 0.6) is 0 Å². The van der Waals surface area contributed by atoms with E-state index in [1.807, 2.05) is 0 Å². The molecule has 2 rings (SSSR count). The van der Waals surface area contributed by atoms with Crippen LogP contribution in [0.25, 0.3) is 0 Å². The van der Waals surface area contributed by atoms with Gasteiger partial charge in [-0.3, -0.25) is 4.79 Å². The van der Waals surface area contributed by atoms with Crippen LogP contribution in [0.2, 0.25) is 0 Å². The van der Waals surface area contributed by atoms with Crippen LogP contribution in [-0.2, 0) is 4.79 Å². The summed E-state index contributed by atoms with van der Waals surface area (Å²) in [6.45, 7) is 9.60. The first-order valence-corrected chi connectivity index (χ1v) is 7.57. The molecule has 0 aromatic heterocycles. The molecule has 1 saturated heterocycles. The van der Waals surface area contributed by atoms with E-state index in [4.69, 9.17) is 0 Å². The van der Waals surface area contributed by atoms with Crippen LogP contribution in [0.4, 0.5) is 0 Å². The van der Waals surface area contributed by atoms with Gasteiger partial charge in [-0.25, -0.2) is 0 Å². The predicted molar refractivity (Wildman–Crippen MR) is 74.4 cm³/mol. The van der Waals surface area contributed by atoms with Gasteiger partial charge in [0.05, 0.1) is 0 Å². The maximum Gasteiger partial charge on any atom is 0.226 e. The van der Waals surface area contributed by atoms with Crippen LogP contribution < -0.4 is 5.32 Å². The average molecular weight is 252 g/mol. The summed E-state index contributed by atoms with van der Waals surface area (Å²) >= 11 is 0. The molecule has 2 fully saturated rings. The highest BCUT2D eigenvalue weighted by Crippen LogP contribution is 2.43. The Labute approximate surface area is 111 Å². The van der Waals surface area contributed by atoms with Crippen molar-refractivity contribution in [1.29, 1.82) is 0 Å². The first kappa shape index (κ1) is 13.9. The topological polar surface area (TPSA) is 32.3 Å². The summed E-state index contributed by atoms with van der Waals surface area (Å²) in [5.74, 6) is 0.695. The summed E-state index contributed by atoms with van der Waals surface area (Å²) in [6, 6.07) is 0.621. The molecule has 1 heterocycles. The quantitative estimate of drug-likeness (QED) is 0.836. The van der Waals surface area contributed by atoms with E-state index in [2.05, 4.69) is 31.0 Å². The summed E-state index contributed by atoms with van der Waals surface area (Å²) in [7, 11) is 0. The minimum absolute atomic E-state index is 0.218. The zero-order chi connectivity index (χ0) is 13.2. The molecule has 0 aromatic rings. The molecule has 0 radical (unpaired) electrons. The Kier molecular flexibility index (Phi) is 4.31. The second kappa shape index (κ2) is 5.60. The summed E-state index contributed by atoms with van der Waals surface area (Å²) < 4.78 is 0. The van der Waals surface area contributed by atoms with E-state index < -0.39 is 0 Å². The van der Waals surface area contributed by atoms with Crippen molar-refractivity contribution >= 4 is 5.91 Å². The zero-order valence-corrected chi connectivity index (χ0v) is 12.2. The lowest BCUT2D eigenvalue weighted by Crippen LogP contribution is -2.48. The Morgan fingerprint density at radius 2 is 1.94 bits per heavy atom. The smallest absolute Gasteiger partial charge is 0.226 e. The fraction of sp³-hybridized carbons (Fsp3) is 0.933. The number of carbonyl (C=O) groups is 1. The van der Waals surface area contributed by atoms with Crippen molar-refractivity contribution in [3.05, 3.63) is 0 Å². The second-order valence-electron chi connectivity index (χ2n) is 6.59. The minimum Gasteiger partial charge on any atom is -0.342 e. The minimum atomic E-state index is 0.218. The summed E-state index contributed by atoms with van der Waals surface area (Å²) in [5.41, 5.74) is 0.218. The van der Waals surface area contributed by atoms with Gasteiger partial charge < -0.3 is 10.2 Å². The van der Waals surface area contributed by atoms with Gasteiger partial charge in [-0.1, -0.05) is 27.2 Å². The van der Waals surface area contributed by atoms with Crippen LogP contribution in [-0.4, -0.2) is 36.5 Å². The van der Waals surface area contributed by atoms with Gasteiger partial charge in [0.2, 0.25) is 5.91 Å². The fourth-order valence-electron chi connectivity index (χ4n) is 3.60. The van der Waals surface area contributed by atoms with Crippen LogP contribution in [0.15, 0.2) is 0 Å². The van der Waals surface area contributed by atoms with E-state index in [0.717, 1.165) is 38.9 Å². The average Bonchev–Trinajstić information content (AvgIpc) is 2.69. The predicted octanol–water partition coefficient (Wildman–Crippen LogP) is 2.41. The Hall–Kier alpha value is -0.570. The van der Waals surface area contributed by atoms with Gasteiger partial charge in [0.15, 0.2) is 0 Å². The molecule has 1 aliphatic carbocycles. The number of carbonyl (C=O) groups excluding carboxylic acids is 1. The molecule has 1 unspecified atom stereocenters. The van der Waals surface area contributed by atoms with E-state index in [9.17, 15) is 4.79 Å². The number of nitrogens with one attached hydrogen (secondary N) is 1. The van der Waals surface area contributed by atoms with E-state index in [0.29, 0.717) is 11.9 Å². The molecular formula is C15H28N2O. The van der Waals surface area contributed by atoms with Gasteiger partial charge in [-0.2, -0.15) is 0 Å². The molecule has 3 nitrogen and oxygen atoms in total. The Morgan fingerprint density at radius 3 is 2.44 bits per heavy atom. The molecule has 0 spiro atoms. The largest absolute Gasteiger partial charge is 0.342 e. The lowest BCUT2D eigenvalue weighted by Gasteiger charge is -2.36. The van der Waals surface area contributed by atoms with E-state index >= 15 is 0 Å². The first-order valence-electron chi connectivity index (χ1n) is 7.57. The van der Waals surface area contributed by atoms with Crippen LogP contribution in [0, 0.1) is 11.3 Å². The Balaban J connectivity index is 1.88. The Bertz CT molecular complexity index is 293. The molecule has 2 aliphatic rings. The van der Waals surface area contributed by atoms with Crippen molar-refractivity contribution in [2.24, 2.45) is 11.3 Å². The lowest BCUT2D eigenvalue weighted by molar-refractivity contribution is -0.139. The number of rotatable bonds is 3. The number of piperidine rings is 1. The summed E-state index contributed by atoms with van der Waals surface area (Å²) in [4.78, 5) is 14.7. The summed E-state index contributed by atoms with van der Waals surface area (Å²) in [6.07, 6.45) is 5.76. The highest BCUT2D eigenvalue weighted by molar-refractivity contribution is 5.80. The maximum atomic E-state index is 12.6. The first-order chi connectivity index (χ1) is 8.54. The molecule has 0 bridgehead atoms. The van der Waals surface area contributed by atoms with Crippen LogP contribution in [0.1, 0.15) is 52.9 Å². The number of hydrogen-bond donors (Lipinski definition) is 1. The third kappa shape index (κ3) is 2.87. The van der Waals surface area contributed by atoms with Gasteiger partial charge in [0.1, 0.15) is 0 Å². The van der Waals surface area contributed by atoms with Crippen LogP contribution >= 0.6 is 0 Å². The van der Waals surface area contributed by atoms with Crippen molar-refractivity contribution in [2.45, 2.75) is 58.9 Å². The normalized spacial score (nSPS) is 28.6. The Morgan fingerprint density at radius 1 is 1.28 bits per heavy atom. The number of amides is 1. The molecular weight excluding hydrogens is 224 g/mol. The van der Waals surface area contributed by atoms with Crippen molar-refractivity contribution < 1.29 is 4.79 Å². The molecule has 1 amide bonds. The number of likely N-dealkylation sites (tertiary alicyclic amines) is 1. The van der Waals surface area contributed by atoms with E-state index in [1.165, 1.54) is 12.8 Å². The number of hydrogen-bond acceptors (Lipinski definition) is 2. The van der Waals surface area contributed by atoms with Crippen molar-refractivity contribution in [2.75, 3.05) is 19.6 Å². The van der Waals surface area contributed by atoms with E-state index in [1.54, 1.807) is 0 Å². The van der Waals surface area contributed by atoms with Gasteiger partial charge in [0, 0.05) is 25.0 Å². The van der Waals surface area contributed by atoms with Crippen molar-refractivity contribution in [3.8, 4) is 0 Å². The fourth-order valence-corrected chi connectivity index (χ4v) is 3.60. The number of nitrogens with zero attached hydrogens (tertiary/aromatic N) is 1. The van der Waals surface area contributed by atoms with E-state index in [-0.39, 0.29) is 11.3 Å². The molecule has 0 aromatic carbocycles. The maximum absolute atomic E-state index is 12.6. The third-order valence-corrected chi connectivity index (χ3v) is 4.85. The highest BCUT2D eigenvalue weighted by atomic mass is 16.2. The lowest BCUT2D eigenvalue weighted by atomic mass is 9.81. The summed E-state index contributed by atoms with van der Waals surface area (Å²) in [5, 5.41) is 3.49. The van der Waals surface area contributed by atoms with Crippen molar-refractivity contribution in [3.63, 3.8) is 0 Å². The molecule has 1 N–H and O–H groups in total. The molecule has 1 aliphatic heterocycles. The standard InChI is InChI=1S/C15H28N2O/c1-4-16-12-7-10-17(11-8-12)14(18)13-6-5-9-15(13,2)3/h12-13,16H,4-11H2,1-3H3. The highest BCUT2D eigenvalue weighted by Gasteiger charge is 2.41. The van der Waals surface area contributed by atoms with Gasteiger partial charge in [-0.15, -0.1) is 0 Å². The molecule has 104 valence electrons. The molecule has 18 heavy (non-hydrogen) atoms. The van der Waals surface area contributed by atoms with Gasteiger partial charge >= 0.3 is 0 Å². The molecule has 1 atom stereocenters. The zero-order valence-electron chi connectivity index (χ0n) is 12.2. The van der Waals surface area contributed by atoms with Gasteiger partial charge in [-0.05, 0) is 37.6 Å². The third-order valence-electron chi connectivity index (χ3n) is 4.85. The van der Waals surface area contributed by atoms with Crippen LogP contribution in [0.3, 0.4) is 0 Å². The molecule has 3 heteroatoms. The van der Waals surface area contributed by atoms with Crippen molar-refractivity contribution in [1.82, 2.24) is 10.2 Å². The second-order valence-corrected chi connectivity index (χ2v) is 6.59.